The lowest BCUT2D eigenvalue weighted by molar-refractivity contribution is -0.121. The average molecular weight is 317 g/mol. The number of hydrogen-bond donors (Lipinski definition) is 1. The summed E-state index contributed by atoms with van der Waals surface area (Å²) in [5, 5.41) is 5.86. The van der Waals surface area contributed by atoms with Crippen LogP contribution < -0.4 is 5.32 Å². The number of rotatable bonds is 6. The standard InChI is InChI=1S/C16H19N3O2S/c20-15(18-10-14-5-3-7-21-14)8-13-11-22-16(19-13)9-12-4-1-2-6-17-12/h1-2,4,6,11,14H,3,5,7-10H2,(H,18,20)/t14-/m1/s1. The number of amides is 1. The molecule has 2 aromatic heterocycles. The van der Waals surface area contributed by atoms with Crippen LogP contribution in [0, 0.1) is 0 Å². The largest absolute Gasteiger partial charge is 0.376 e. The van der Waals surface area contributed by atoms with Gasteiger partial charge in [-0.25, -0.2) is 4.98 Å². The first-order chi connectivity index (χ1) is 10.8. The minimum Gasteiger partial charge on any atom is -0.376 e. The number of hydrogen-bond acceptors (Lipinski definition) is 5. The van der Waals surface area contributed by atoms with Crippen molar-refractivity contribution < 1.29 is 9.53 Å². The Morgan fingerprint density at radius 3 is 3.14 bits per heavy atom. The van der Waals surface area contributed by atoms with Gasteiger partial charge in [-0.15, -0.1) is 11.3 Å². The van der Waals surface area contributed by atoms with Gasteiger partial charge in [-0.1, -0.05) is 6.07 Å². The zero-order chi connectivity index (χ0) is 15.2. The van der Waals surface area contributed by atoms with E-state index in [0.29, 0.717) is 19.4 Å². The summed E-state index contributed by atoms with van der Waals surface area (Å²) in [6, 6.07) is 5.85. The molecule has 0 aliphatic carbocycles. The molecule has 1 aliphatic rings. The lowest BCUT2D eigenvalue weighted by Crippen LogP contribution is -2.32. The van der Waals surface area contributed by atoms with E-state index in [-0.39, 0.29) is 12.0 Å². The molecule has 1 saturated heterocycles. The van der Waals surface area contributed by atoms with Crippen LogP contribution in [-0.2, 0) is 22.4 Å². The predicted octanol–water partition coefficient (Wildman–Crippen LogP) is 1.97. The Kier molecular flexibility index (Phi) is 5.13. The topological polar surface area (TPSA) is 64.1 Å². The van der Waals surface area contributed by atoms with Crippen molar-refractivity contribution in [3.8, 4) is 0 Å². The number of nitrogens with zero attached hydrogens (tertiary/aromatic N) is 2. The number of aromatic nitrogens is 2. The van der Waals surface area contributed by atoms with Crippen molar-refractivity contribution in [1.82, 2.24) is 15.3 Å². The third-order valence-electron chi connectivity index (χ3n) is 3.55. The van der Waals surface area contributed by atoms with Crippen LogP contribution in [0.5, 0.6) is 0 Å². The molecule has 0 saturated carbocycles. The number of nitrogens with one attached hydrogen (secondary N) is 1. The Hall–Kier alpha value is -1.79. The number of ether oxygens (including phenoxy) is 1. The first-order valence-corrected chi connectivity index (χ1v) is 8.39. The lowest BCUT2D eigenvalue weighted by atomic mass is 10.2. The summed E-state index contributed by atoms with van der Waals surface area (Å²) in [5.41, 5.74) is 1.81. The average Bonchev–Trinajstić information content (AvgIpc) is 3.18. The predicted molar refractivity (Wildman–Crippen MR) is 84.8 cm³/mol. The molecule has 2 aromatic rings. The van der Waals surface area contributed by atoms with Crippen LogP contribution in [0.25, 0.3) is 0 Å². The highest BCUT2D eigenvalue weighted by Crippen LogP contribution is 2.14. The highest BCUT2D eigenvalue weighted by atomic mass is 32.1. The van der Waals surface area contributed by atoms with Gasteiger partial charge in [0.2, 0.25) is 5.91 Å². The van der Waals surface area contributed by atoms with E-state index < -0.39 is 0 Å². The van der Waals surface area contributed by atoms with Gasteiger partial charge in [-0.05, 0) is 25.0 Å². The summed E-state index contributed by atoms with van der Waals surface area (Å²) >= 11 is 1.57. The fraction of sp³-hybridized carbons (Fsp3) is 0.438. The molecular formula is C16H19N3O2S. The molecule has 0 spiro atoms. The summed E-state index contributed by atoms with van der Waals surface area (Å²) < 4.78 is 5.49. The molecule has 0 aromatic carbocycles. The fourth-order valence-corrected chi connectivity index (χ4v) is 3.24. The van der Waals surface area contributed by atoms with E-state index in [0.717, 1.165) is 35.8 Å². The quantitative estimate of drug-likeness (QED) is 0.885. The third kappa shape index (κ3) is 4.35. The van der Waals surface area contributed by atoms with Crippen molar-refractivity contribution >= 4 is 17.2 Å². The molecule has 0 radical (unpaired) electrons. The van der Waals surface area contributed by atoms with Gasteiger partial charge in [0.05, 0.1) is 23.2 Å². The highest BCUT2D eigenvalue weighted by Gasteiger charge is 2.16. The zero-order valence-corrected chi connectivity index (χ0v) is 13.1. The smallest absolute Gasteiger partial charge is 0.226 e. The molecule has 6 heteroatoms. The van der Waals surface area contributed by atoms with Crippen molar-refractivity contribution in [2.45, 2.75) is 31.8 Å². The van der Waals surface area contributed by atoms with E-state index in [1.165, 1.54) is 0 Å². The zero-order valence-electron chi connectivity index (χ0n) is 12.3. The van der Waals surface area contributed by atoms with Crippen LogP contribution in [0.2, 0.25) is 0 Å². The van der Waals surface area contributed by atoms with Crippen molar-refractivity contribution in [2.24, 2.45) is 0 Å². The van der Waals surface area contributed by atoms with Crippen molar-refractivity contribution in [3.05, 3.63) is 46.2 Å². The second-order valence-electron chi connectivity index (χ2n) is 5.35. The molecule has 0 unspecified atom stereocenters. The van der Waals surface area contributed by atoms with E-state index in [9.17, 15) is 4.79 Å². The molecule has 1 fully saturated rings. The minimum absolute atomic E-state index is 0.00480. The molecule has 22 heavy (non-hydrogen) atoms. The molecule has 3 heterocycles. The Morgan fingerprint density at radius 2 is 2.36 bits per heavy atom. The van der Waals surface area contributed by atoms with Crippen molar-refractivity contribution in [1.29, 1.82) is 0 Å². The molecule has 5 nitrogen and oxygen atoms in total. The lowest BCUT2D eigenvalue weighted by Gasteiger charge is -2.09. The summed E-state index contributed by atoms with van der Waals surface area (Å²) in [6.45, 7) is 1.41. The molecule has 0 bridgehead atoms. The molecule has 1 atom stereocenters. The first kappa shape index (κ1) is 15.1. The van der Waals surface area contributed by atoms with Crippen LogP contribution in [0.3, 0.4) is 0 Å². The Morgan fingerprint density at radius 1 is 1.41 bits per heavy atom. The molecule has 1 aliphatic heterocycles. The SMILES string of the molecule is O=C(Cc1csc(Cc2ccccn2)n1)NC[C@H]1CCCO1. The van der Waals surface area contributed by atoms with Crippen LogP contribution in [-0.4, -0.2) is 35.1 Å². The second kappa shape index (κ2) is 7.47. The number of pyridine rings is 1. The van der Waals surface area contributed by atoms with Gasteiger partial charge in [0.1, 0.15) is 0 Å². The van der Waals surface area contributed by atoms with Gasteiger partial charge < -0.3 is 10.1 Å². The van der Waals surface area contributed by atoms with Gasteiger partial charge in [0, 0.05) is 36.8 Å². The van der Waals surface area contributed by atoms with E-state index in [4.69, 9.17) is 4.74 Å². The van der Waals surface area contributed by atoms with Crippen LogP contribution in [0.15, 0.2) is 29.8 Å². The second-order valence-corrected chi connectivity index (χ2v) is 6.29. The fourth-order valence-electron chi connectivity index (χ4n) is 2.43. The van der Waals surface area contributed by atoms with Crippen molar-refractivity contribution in [3.63, 3.8) is 0 Å². The maximum Gasteiger partial charge on any atom is 0.226 e. The Labute approximate surface area is 133 Å². The van der Waals surface area contributed by atoms with E-state index in [1.54, 1.807) is 17.5 Å². The molecule has 1 N–H and O–H groups in total. The molecule has 116 valence electrons. The highest BCUT2D eigenvalue weighted by molar-refractivity contribution is 7.09. The number of thiazole rings is 1. The maximum atomic E-state index is 11.9. The minimum atomic E-state index is 0.00480. The van der Waals surface area contributed by atoms with Gasteiger partial charge >= 0.3 is 0 Å². The maximum absolute atomic E-state index is 11.9. The van der Waals surface area contributed by atoms with Gasteiger partial charge in [-0.2, -0.15) is 0 Å². The number of carbonyl (C=O) groups excluding carboxylic acids is 1. The summed E-state index contributed by atoms with van der Waals surface area (Å²) in [6.07, 6.45) is 5.12. The van der Waals surface area contributed by atoms with Crippen LogP contribution in [0.1, 0.15) is 29.2 Å². The number of carbonyl (C=O) groups is 1. The molecule has 3 rings (SSSR count). The monoisotopic (exact) mass is 317 g/mol. The molecular weight excluding hydrogens is 298 g/mol. The van der Waals surface area contributed by atoms with Crippen LogP contribution >= 0.6 is 11.3 Å². The Bertz CT molecular complexity index is 609. The van der Waals surface area contributed by atoms with E-state index >= 15 is 0 Å². The van der Waals surface area contributed by atoms with Gasteiger partial charge in [-0.3, -0.25) is 9.78 Å². The van der Waals surface area contributed by atoms with Gasteiger partial charge in [0.15, 0.2) is 0 Å². The van der Waals surface area contributed by atoms with Crippen LogP contribution in [0.4, 0.5) is 0 Å². The summed E-state index contributed by atoms with van der Waals surface area (Å²) in [5.74, 6) is 0.00480. The van der Waals surface area contributed by atoms with E-state index in [1.807, 2.05) is 23.6 Å². The summed E-state index contributed by atoms with van der Waals surface area (Å²) in [4.78, 5) is 20.7. The van der Waals surface area contributed by atoms with Crippen molar-refractivity contribution in [2.75, 3.05) is 13.2 Å². The third-order valence-corrected chi connectivity index (χ3v) is 4.45. The molecule has 1 amide bonds. The normalized spacial score (nSPS) is 17.5. The Balaban J connectivity index is 1.47. The summed E-state index contributed by atoms with van der Waals surface area (Å²) in [7, 11) is 0. The van der Waals surface area contributed by atoms with Gasteiger partial charge in [0.25, 0.3) is 0 Å². The van der Waals surface area contributed by atoms with E-state index in [2.05, 4.69) is 15.3 Å². The first-order valence-electron chi connectivity index (χ1n) is 7.51.